The third-order valence-electron chi connectivity index (χ3n) is 3.17. The van der Waals surface area contributed by atoms with Gasteiger partial charge in [-0.2, -0.15) is 4.31 Å². The van der Waals surface area contributed by atoms with Crippen LogP contribution in [0.1, 0.15) is 25.6 Å². The average molecular weight is 291 g/mol. The van der Waals surface area contributed by atoms with Gasteiger partial charge in [0.2, 0.25) is 0 Å². The van der Waals surface area contributed by atoms with Crippen molar-refractivity contribution in [1.82, 2.24) is 4.31 Å². The molecule has 0 amide bonds. The van der Waals surface area contributed by atoms with Gasteiger partial charge in [0.1, 0.15) is 4.21 Å². The monoisotopic (exact) mass is 291 g/mol. The van der Waals surface area contributed by atoms with Crippen LogP contribution in [0.2, 0.25) is 0 Å². The Morgan fingerprint density at radius 3 is 2.44 bits per heavy atom. The van der Waals surface area contributed by atoms with Crippen LogP contribution >= 0.6 is 11.3 Å². The lowest BCUT2D eigenvalue weighted by Crippen LogP contribution is -2.37. The summed E-state index contributed by atoms with van der Waals surface area (Å²) < 4.78 is 26.5. The number of aliphatic hydroxyl groups excluding tert-OH is 1. The first-order valence-corrected chi connectivity index (χ1v) is 8.24. The van der Waals surface area contributed by atoms with E-state index in [0.29, 0.717) is 10.6 Å². The highest BCUT2D eigenvalue weighted by Crippen LogP contribution is 2.26. The van der Waals surface area contributed by atoms with Crippen LogP contribution < -0.4 is 0 Å². The molecular formula is C12H21NO3S2. The summed E-state index contributed by atoms with van der Waals surface area (Å²) in [6, 6.07) is 3.34. The summed E-state index contributed by atoms with van der Waals surface area (Å²) in [5, 5.41) is 8.85. The fourth-order valence-electron chi connectivity index (χ4n) is 1.52. The Hall–Kier alpha value is -0.430. The molecule has 0 aliphatic heterocycles. The average Bonchev–Trinajstić information content (AvgIpc) is 2.76. The zero-order valence-electron chi connectivity index (χ0n) is 11.3. The molecule has 0 spiro atoms. The quantitative estimate of drug-likeness (QED) is 0.871. The van der Waals surface area contributed by atoms with Gasteiger partial charge >= 0.3 is 0 Å². The van der Waals surface area contributed by atoms with Crippen LogP contribution in [0.5, 0.6) is 0 Å². The van der Waals surface area contributed by atoms with E-state index >= 15 is 0 Å². The highest BCUT2D eigenvalue weighted by Gasteiger charge is 2.28. The summed E-state index contributed by atoms with van der Waals surface area (Å²) in [5.74, 6) is 0.265. The van der Waals surface area contributed by atoms with E-state index in [1.54, 1.807) is 19.2 Å². The molecule has 1 unspecified atom stereocenters. The van der Waals surface area contributed by atoms with Crippen molar-refractivity contribution in [2.75, 3.05) is 13.7 Å². The van der Waals surface area contributed by atoms with Crippen molar-refractivity contribution in [3.63, 3.8) is 0 Å². The molecule has 0 aliphatic rings. The van der Waals surface area contributed by atoms with Crippen LogP contribution in [-0.4, -0.2) is 37.5 Å². The number of hydrogen-bond donors (Lipinski definition) is 1. The Morgan fingerprint density at radius 2 is 1.94 bits per heavy atom. The molecule has 1 N–H and O–H groups in total. The molecule has 0 saturated carbocycles. The molecule has 104 valence electrons. The van der Waals surface area contributed by atoms with Crippen LogP contribution in [0.15, 0.2) is 16.3 Å². The third kappa shape index (κ3) is 3.32. The first kappa shape index (κ1) is 15.6. The van der Waals surface area contributed by atoms with Crippen molar-refractivity contribution in [3.05, 3.63) is 17.0 Å². The molecule has 0 saturated heterocycles. The van der Waals surface area contributed by atoms with Gasteiger partial charge in [-0.1, -0.05) is 13.8 Å². The predicted molar refractivity (Wildman–Crippen MR) is 74.4 cm³/mol. The SMILES string of the molecule is CC(C)C(C)N(C)S(=O)(=O)c1ccc(CCO)s1. The number of sulfonamides is 1. The Morgan fingerprint density at radius 1 is 1.33 bits per heavy atom. The summed E-state index contributed by atoms with van der Waals surface area (Å²) in [4.78, 5) is 0.890. The van der Waals surface area contributed by atoms with Crippen molar-refractivity contribution in [3.8, 4) is 0 Å². The van der Waals surface area contributed by atoms with Gasteiger partial charge in [0.15, 0.2) is 0 Å². The summed E-state index contributed by atoms with van der Waals surface area (Å²) >= 11 is 1.23. The number of aliphatic hydroxyl groups is 1. The van der Waals surface area contributed by atoms with Crippen molar-refractivity contribution in [2.45, 2.75) is 37.4 Å². The van der Waals surface area contributed by atoms with Crippen LogP contribution in [0, 0.1) is 5.92 Å². The van der Waals surface area contributed by atoms with Gasteiger partial charge < -0.3 is 5.11 Å². The Kier molecular flexibility index (Phi) is 5.33. The molecule has 1 rings (SSSR count). The van der Waals surface area contributed by atoms with Crippen molar-refractivity contribution in [2.24, 2.45) is 5.92 Å². The number of nitrogens with zero attached hydrogens (tertiary/aromatic N) is 1. The summed E-state index contributed by atoms with van der Waals surface area (Å²) in [7, 11) is -1.79. The van der Waals surface area contributed by atoms with Gasteiger partial charge in [-0.05, 0) is 25.0 Å². The number of rotatable bonds is 6. The third-order valence-corrected chi connectivity index (χ3v) is 6.72. The first-order chi connectivity index (χ1) is 8.30. The standard InChI is InChI=1S/C12H21NO3S2/c1-9(2)10(3)13(4)18(15,16)12-6-5-11(17-12)7-8-14/h5-6,9-10,14H,7-8H2,1-4H3. The van der Waals surface area contributed by atoms with Gasteiger partial charge in [0.05, 0.1) is 0 Å². The van der Waals surface area contributed by atoms with Crippen LogP contribution in [0.4, 0.5) is 0 Å². The van der Waals surface area contributed by atoms with Gasteiger partial charge in [-0.15, -0.1) is 11.3 Å². The van der Waals surface area contributed by atoms with E-state index in [0.717, 1.165) is 4.88 Å². The smallest absolute Gasteiger partial charge is 0.252 e. The molecular weight excluding hydrogens is 270 g/mol. The fraction of sp³-hybridized carbons (Fsp3) is 0.667. The molecule has 0 fully saturated rings. The molecule has 0 aliphatic carbocycles. The second kappa shape index (κ2) is 6.14. The number of hydrogen-bond acceptors (Lipinski definition) is 4. The molecule has 0 aromatic carbocycles. The second-order valence-electron chi connectivity index (χ2n) is 4.70. The first-order valence-electron chi connectivity index (χ1n) is 5.98. The predicted octanol–water partition coefficient (Wildman–Crippen LogP) is 1.95. The zero-order valence-corrected chi connectivity index (χ0v) is 12.9. The summed E-state index contributed by atoms with van der Waals surface area (Å²) in [5.41, 5.74) is 0. The van der Waals surface area contributed by atoms with Gasteiger partial charge in [0.25, 0.3) is 10.0 Å². The zero-order chi connectivity index (χ0) is 13.9. The van der Waals surface area contributed by atoms with E-state index < -0.39 is 10.0 Å². The normalized spacial score (nSPS) is 14.4. The number of thiophene rings is 1. The Bertz CT molecular complexity index is 479. The van der Waals surface area contributed by atoms with E-state index in [2.05, 4.69) is 0 Å². The maximum atomic E-state index is 12.4. The highest BCUT2D eigenvalue weighted by atomic mass is 32.2. The van der Waals surface area contributed by atoms with Gasteiger partial charge in [-0.3, -0.25) is 0 Å². The lowest BCUT2D eigenvalue weighted by atomic mass is 10.1. The maximum absolute atomic E-state index is 12.4. The lowest BCUT2D eigenvalue weighted by molar-refractivity contribution is 0.300. The van der Waals surface area contributed by atoms with E-state index in [1.807, 2.05) is 20.8 Å². The molecule has 1 aromatic rings. The van der Waals surface area contributed by atoms with Crippen molar-refractivity contribution >= 4 is 21.4 Å². The van der Waals surface area contributed by atoms with Crippen molar-refractivity contribution in [1.29, 1.82) is 0 Å². The van der Waals surface area contributed by atoms with Crippen LogP contribution in [-0.2, 0) is 16.4 Å². The van der Waals surface area contributed by atoms with E-state index in [1.165, 1.54) is 15.6 Å². The molecule has 6 heteroatoms. The molecule has 0 bridgehead atoms. The molecule has 4 nitrogen and oxygen atoms in total. The summed E-state index contributed by atoms with van der Waals surface area (Å²) in [6.07, 6.45) is 0.504. The van der Waals surface area contributed by atoms with Crippen LogP contribution in [0.3, 0.4) is 0 Å². The largest absolute Gasteiger partial charge is 0.396 e. The van der Waals surface area contributed by atoms with Crippen LogP contribution in [0.25, 0.3) is 0 Å². The van der Waals surface area contributed by atoms with E-state index in [9.17, 15) is 8.42 Å². The molecule has 18 heavy (non-hydrogen) atoms. The Balaban J connectivity index is 2.98. The van der Waals surface area contributed by atoms with Gasteiger partial charge in [-0.25, -0.2) is 8.42 Å². The van der Waals surface area contributed by atoms with E-state index in [4.69, 9.17) is 5.11 Å². The second-order valence-corrected chi connectivity index (χ2v) is 8.09. The van der Waals surface area contributed by atoms with Gasteiger partial charge in [0, 0.05) is 31.0 Å². The lowest BCUT2D eigenvalue weighted by Gasteiger charge is -2.26. The summed E-state index contributed by atoms with van der Waals surface area (Å²) in [6.45, 7) is 5.95. The molecule has 0 radical (unpaired) electrons. The maximum Gasteiger partial charge on any atom is 0.252 e. The molecule has 1 aromatic heterocycles. The van der Waals surface area contributed by atoms with E-state index in [-0.39, 0.29) is 18.6 Å². The highest BCUT2D eigenvalue weighted by molar-refractivity contribution is 7.91. The minimum absolute atomic E-state index is 0.0399. The molecule has 1 heterocycles. The van der Waals surface area contributed by atoms with Crippen molar-refractivity contribution < 1.29 is 13.5 Å². The Labute approximate surface area is 113 Å². The topological polar surface area (TPSA) is 57.6 Å². The minimum Gasteiger partial charge on any atom is -0.396 e. The minimum atomic E-state index is -3.41. The fourth-order valence-corrected chi connectivity index (χ4v) is 4.55. The molecule has 1 atom stereocenters.